The van der Waals surface area contributed by atoms with Gasteiger partial charge in [0.2, 0.25) is 10.0 Å². The summed E-state index contributed by atoms with van der Waals surface area (Å²) in [5, 5.41) is 2.92. The molecular formula is C18H21BrN2O3S. The van der Waals surface area contributed by atoms with Crippen LogP contribution in [0, 0.1) is 6.92 Å². The number of halogens is 1. The first-order valence-electron chi connectivity index (χ1n) is 7.72. The second kappa shape index (κ2) is 7.68. The van der Waals surface area contributed by atoms with Gasteiger partial charge in [-0.1, -0.05) is 34.1 Å². The zero-order valence-corrected chi connectivity index (χ0v) is 17.0. The van der Waals surface area contributed by atoms with E-state index in [4.69, 9.17) is 0 Å². The summed E-state index contributed by atoms with van der Waals surface area (Å²) in [7, 11) is -0.661. The maximum atomic E-state index is 12.6. The Morgan fingerprint density at radius 2 is 1.72 bits per heavy atom. The number of carbonyl (C=O) groups is 1. The van der Waals surface area contributed by atoms with Gasteiger partial charge in [-0.05, 0) is 49.2 Å². The molecule has 1 amide bonds. The molecule has 25 heavy (non-hydrogen) atoms. The third-order valence-corrected chi connectivity index (χ3v) is 6.29. The highest BCUT2D eigenvalue weighted by molar-refractivity contribution is 9.10. The van der Waals surface area contributed by atoms with Crippen molar-refractivity contribution in [1.29, 1.82) is 0 Å². The molecule has 2 aromatic rings. The van der Waals surface area contributed by atoms with E-state index in [1.165, 1.54) is 26.2 Å². The average Bonchev–Trinajstić information content (AvgIpc) is 2.55. The minimum absolute atomic E-state index is 0.101. The van der Waals surface area contributed by atoms with Gasteiger partial charge in [-0.15, -0.1) is 0 Å². The van der Waals surface area contributed by atoms with Gasteiger partial charge in [-0.25, -0.2) is 12.7 Å². The second-order valence-corrected chi connectivity index (χ2v) is 9.08. The summed E-state index contributed by atoms with van der Waals surface area (Å²) >= 11 is 3.38. The topological polar surface area (TPSA) is 66.5 Å². The molecule has 2 rings (SSSR count). The Balaban J connectivity index is 2.28. The molecule has 2 aromatic carbocycles. The van der Waals surface area contributed by atoms with Gasteiger partial charge in [0.05, 0.1) is 10.9 Å². The number of rotatable bonds is 5. The van der Waals surface area contributed by atoms with E-state index in [1.807, 2.05) is 31.2 Å². The van der Waals surface area contributed by atoms with E-state index < -0.39 is 10.0 Å². The normalized spacial score (nSPS) is 12.9. The van der Waals surface area contributed by atoms with Crippen molar-refractivity contribution in [3.63, 3.8) is 0 Å². The molecule has 5 nitrogen and oxygen atoms in total. The Kier molecular flexibility index (Phi) is 6.03. The predicted octanol–water partition coefficient (Wildman–Crippen LogP) is 3.50. The van der Waals surface area contributed by atoms with Crippen molar-refractivity contribution in [3.8, 4) is 0 Å². The lowest BCUT2D eigenvalue weighted by Crippen LogP contribution is -2.28. The molecule has 1 unspecified atom stereocenters. The van der Waals surface area contributed by atoms with E-state index in [0.29, 0.717) is 5.56 Å². The maximum absolute atomic E-state index is 12.6. The van der Waals surface area contributed by atoms with Gasteiger partial charge in [0.15, 0.2) is 0 Å². The molecule has 0 aromatic heterocycles. The van der Waals surface area contributed by atoms with E-state index in [0.717, 1.165) is 19.9 Å². The average molecular weight is 425 g/mol. The van der Waals surface area contributed by atoms with Crippen LogP contribution in [0.25, 0.3) is 0 Å². The first-order valence-corrected chi connectivity index (χ1v) is 9.95. The second-order valence-electron chi connectivity index (χ2n) is 6.01. The monoisotopic (exact) mass is 424 g/mol. The summed E-state index contributed by atoms with van der Waals surface area (Å²) < 4.78 is 26.7. The molecule has 0 radical (unpaired) electrons. The fourth-order valence-electron chi connectivity index (χ4n) is 2.33. The SMILES string of the molecule is Cc1ccc(S(=O)(=O)N(C)C)cc1C(=O)NC(C)c1ccc(Br)cc1. The summed E-state index contributed by atoms with van der Waals surface area (Å²) in [5.74, 6) is -0.302. The lowest BCUT2D eigenvalue weighted by atomic mass is 10.1. The highest BCUT2D eigenvalue weighted by atomic mass is 79.9. The molecule has 0 aliphatic carbocycles. The Morgan fingerprint density at radius 3 is 2.28 bits per heavy atom. The number of nitrogens with zero attached hydrogens (tertiary/aromatic N) is 1. The quantitative estimate of drug-likeness (QED) is 0.798. The number of carbonyl (C=O) groups excluding carboxylic acids is 1. The van der Waals surface area contributed by atoms with Crippen LogP contribution < -0.4 is 5.32 Å². The maximum Gasteiger partial charge on any atom is 0.252 e. The van der Waals surface area contributed by atoms with Crippen molar-refractivity contribution in [2.75, 3.05) is 14.1 Å². The summed E-state index contributed by atoms with van der Waals surface area (Å²) in [4.78, 5) is 12.7. The fraction of sp³-hybridized carbons (Fsp3) is 0.278. The van der Waals surface area contributed by atoms with Crippen LogP contribution in [0.2, 0.25) is 0 Å². The number of hydrogen-bond donors (Lipinski definition) is 1. The zero-order valence-electron chi connectivity index (χ0n) is 14.6. The Bertz CT molecular complexity index is 878. The molecule has 0 saturated heterocycles. The third-order valence-electron chi connectivity index (χ3n) is 3.95. The molecule has 0 spiro atoms. The van der Waals surface area contributed by atoms with Gasteiger partial charge >= 0.3 is 0 Å². The molecule has 0 fully saturated rings. The zero-order chi connectivity index (χ0) is 18.8. The molecule has 0 heterocycles. The van der Waals surface area contributed by atoms with Crippen LogP contribution in [-0.4, -0.2) is 32.7 Å². The summed E-state index contributed by atoms with van der Waals surface area (Å²) in [6, 6.07) is 12.1. The molecule has 0 aliphatic heterocycles. The molecule has 7 heteroatoms. The Hall–Kier alpha value is -1.70. The van der Waals surface area contributed by atoms with Gasteiger partial charge in [0.1, 0.15) is 0 Å². The largest absolute Gasteiger partial charge is 0.346 e. The van der Waals surface area contributed by atoms with Gasteiger partial charge in [-0.2, -0.15) is 0 Å². The molecule has 134 valence electrons. The number of amides is 1. The standard InChI is InChI=1S/C18H21BrN2O3S/c1-12-5-10-16(25(23,24)21(3)4)11-17(12)18(22)20-13(2)14-6-8-15(19)9-7-14/h5-11,13H,1-4H3,(H,20,22). The van der Waals surface area contributed by atoms with E-state index in [2.05, 4.69) is 21.2 Å². The van der Waals surface area contributed by atoms with Crippen molar-refractivity contribution in [3.05, 3.63) is 63.6 Å². The molecule has 0 bridgehead atoms. The Labute approximate surface area is 157 Å². The molecule has 0 saturated carbocycles. The highest BCUT2D eigenvalue weighted by Crippen LogP contribution is 2.20. The van der Waals surface area contributed by atoms with Gasteiger partial charge < -0.3 is 5.32 Å². The first-order chi connectivity index (χ1) is 11.6. The molecular weight excluding hydrogens is 404 g/mol. The van der Waals surface area contributed by atoms with Crippen LogP contribution in [0.15, 0.2) is 51.8 Å². The number of benzene rings is 2. The van der Waals surface area contributed by atoms with Crippen LogP contribution in [0.4, 0.5) is 0 Å². The molecule has 0 aliphatic rings. The minimum atomic E-state index is -3.59. The number of sulfonamides is 1. The van der Waals surface area contributed by atoms with Crippen molar-refractivity contribution in [2.24, 2.45) is 0 Å². The van der Waals surface area contributed by atoms with E-state index in [1.54, 1.807) is 13.0 Å². The third kappa shape index (κ3) is 4.48. The van der Waals surface area contributed by atoms with Crippen LogP contribution >= 0.6 is 15.9 Å². The number of hydrogen-bond acceptors (Lipinski definition) is 3. The van der Waals surface area contributed by atoms with E-state index in [9.17, 15) is 13.2 Å². The van der Waals surface area contributed by atoms with Gasteiger partial charge in [-0.3, -0.25) is 4.79 Å². The van der Waals surface area contributed by atoms with E-state index >= 15 is 0 Å². The summed E-state index contributed by atoms with van der Waals surface area (Å²) in [5.41, 5.74) is 2.04. The number of nitrogens with one attached hydrogen (secondary N) is 1. The predicted molar refractivity (Wildman–Crippen MR) is 102 cm³/mol. The van der Waals surface area contributed by atoms with Crippen LogP contribution in [0.5, 0.6) is 0 Å². The van der Waals surface area contributed by atoms with Crippen molar-refractivity contribution in [2.45, 2.75) is 24.8 Å². The lowest BCUT2D eigenvalue weighted by molar-refractivity contribution is 0.0939. The van der Waals surface area contributed by atoms with Crippen LogP contribution in [0.1, 0.15) is 34.5 Å². The minimum Gasteiger partial charge on any atom is -0.346 e. The lowest BCUT2D eigenvalue weighted by Gasteiger charge is -2.17. The van der Waals surface area contributed by atoms with Gasteiger partial charge in [0.25, 0.3) is 5.91 Å². The molecule has 1 N–H and O–H groups in total. The smallest absolute Gasteiger partial charge is 0.252 e. The van der Waals surface area contributed by atoms with Crippen LogP contribution in [-0.2, 0) is 10.0 Å². The van der Waals surface area contributed by atoms with Crippen molar-refractivity contribution in [1.82, 2.24) is 9.62 Å². The fourth-order valence-corrected chi connectivity index (χ4v) is 3.52. The number of aryl methyl sites for hydroxylation is 1. The Morgan fingerprint density at radius 1 is 1.12 bits per heavy atom. The van der Waals surface area contributed by atoms with Gasteiger partial charge in [0, 0.05) is 24.1 Å². The van der Waals surface area contributed by atoms with E-state index in [-0.39, 0.29) is 16.8 Å². The summed E-state index contributed by atoms with van der Waals surface area (Å²) in [6.45, 7) is 3.67. The first kappa shape index (κ1) is 19.6. The highest BCUT2D eigenvalue weighted by Gasteiger charge is 2.21. The van der Waals surface area contributed by atoms with Crippen molar-refractivity contribution < 1.29 is 13.2 Å². The van der Waals surface area contributed by atoms with Crippen molar-refractivity contribution >= 4 is 31.9 Å². The van der Waals surface area contributed by atoms with Crippen LogP contribution in [0.3, 0.4) is 0 Å². The summed E-state index contributed by atoms with van der Waals surface area (Å²) in [6.07, 6.45) is 0. The molecule has 1 atom stereocenters.